The van der Waals surface area contributed by atoms with E-state index in [0.717, 1.165) is 32.1 Å². The molecule has 2 saturated heterocycles. The van der Waals surface area contributed by atoms with Crippen molar-refractivity contribution < 1.29 is 33.8 Å². The lowest BCUT2D eigenvalue weighted by atomic mass is 9.74. The van der Waals surface area contributed by atoms with Crippen molar-refractivity contribution in [1.29, 1.82) is 0 Å². The second kappa shape index (κ2) is 12.8. The van der Waals surface area contributed by atoms with Crippen molar-refractivity contribution in [3.63, 3.8) is 0 Å². The summed E-state index contributed by atoms with van der Waals surface area (Å²) in [5, 5.41) is 13.0. The number of halogens is 1. The fraction of sp³-hybridized carbons (Fsp3) is 0.576. The molecule has 1 spiro atoms. The van der Waals surface area contributed by atoms with Gasteiger partial charge in [-0.1, -0.05) is 77.7 Å². The monoisotopic (exact) mass is 669 g/mol. The quantitative estimate of drug-likeness (QED) is 0.373. The molecule has 7 atom stereocenters. The average Bonchev–Trinajstić information content (AvgIpc) is 3.61. The number of benzene rings is 1. The molecule has 6 rings (SSSR count). The minimum atomic E-state index is -1.39. The number of β-amino-alcohol motifs (C(OH)–C–C–N with tert-alkyl or cyclic N) is 1. The zero-order valence-corrected chi connectivity index (χ0v) is 26.5. The predicted molar refractivity (Wildman–Crippen MR) is 164 cm³/mol. The summed E-state index contributed by atoms with van der Waals surface area (Å²) in [7, 11) is 0. The maximum atomic E-state index is 14.7. The minimum absolute atomic E-state index is 0.00734. The van der Waals surface area contributed by atoms with Gasteiger partial charge in [0.25, 0.3) is 0 Å². The molecule has 0 aromatic heterocycles. The van der Waals surface area contributed by atoms with Gasteiger partial charge in [-0.15, -0.1) is 0 Å². The summed E-state index contributed by atoms with van der Waals surface area (Å²) in [4.78, 5) is 59.2. The molecule has 1 aromatic carbocycles. The van der Waals surface area contributed by atoms with Crippen LogP contribution in [-0.4, -0.2) is 88.1 Å². The van der Waals surface area contributed by atoms with Gasteiger partial charge >= 0.3 is 5.97 Å². The lowest BCUT2D eigenvalue weighted by molar-refractivity contribution is -0.161. The average molecular weight is 671 g/mol. The zero-order valence-electron chi connectivity index (χ0n) is 24.9. The van der Waals surface area contributed by atoms with Crippen molar-refractivity contribution >= 4 is 39.6 Å². The number of allylic oxidation sites excluding steroid dienone is 1. The van der Waals surface area contributed by atoms with Gasteiger partial charge in [0.05, 0.1) is 18.6 Å². The molecule has 1 aromatic rings. The Labute approximate surface area is 265 Å². The summed E-state index contributed by atoms with van der Waals surface area (Å²) >= 11 is 3.58. The SMILES string of the molecule is C[C@@H]1NC(=O)CC/C=C\CN(C2CCCCC2)C(=O)[C@H]2N(CCO)C(=O)[C@@H]3[C@@H](C(=O)O[C@H]1c1ccccc1)[C@@H]1O[C@@]32C=C1Br. The standard InChI is InChI=1S/C33H40BrN3O7/c1-20-27(21-11-5-2-6-12-21)43-32(42)25-26-30(40)37(17-18-38)29(33(26)19-23(34)28(25)44-33)31(41)36(22-13-7-3-8-14-22)16-10-4-9-15-24(39)35-20/h2,4-6,10-12,19-20,22,25-29,38H,3,7-9,13-18H2,1H3,(H,35,39)/b10-4-/t20-,25+,26-,27+,28+,29+,33-/m0/s1. The van der Waals surface area contributed by atoms with E-state index in [1.165, 1.54) is 4.90 Å². The van der Waals surface area contributed by atoms with E-state index in [9.17, 15) is 24.3 Å². The Bertz CT molecular complexity index is 1350. The van der Waals surface area contributed by atoms with Crippen LogP contribution in [0.25, 0.3) is 0 Å². The molecule has 3 amide bonds. The van der Waals surface area contributed by atoms with Crippen LogP contribution in [0.15, 0.2) is 53.0 Å². The fourth-order valence-corrected chi connectivity index (χ4v) is 8.55. The molecule has 0 unspecified atom stereocenters. The zero-order chi connectivity index (χ0) is 31.0. The molecule has 3 fully saturated rings. The van der Waals surface area contributed by atoms with E-state index in [0.29, 0.717) is 23.0 Å². The number of carbonyl (C=O) groups excluding carboxylic acids is 4. The first-order valence-corrected chi connectivity index (χ1v) is 16.5. The van der Waals surface area contributed by atoms with Gasteiger partial charge in [-0.2, -0.15) is 0 Å². The molecule has 5 aliphatic rings. The molecule has 44 heavy (non-hydrogen) atoms. The van der Waals surface area contributed by atoms with E-state index in [1.54, 1.807) is 13.0 Å². The van der Waals surface area contributed by atoms with Gasteiger partial charge in [0.15, 0.2) is 0 Å². The molecule has 1 aliphatic carbocycles. The Balaban J connectivity index is 1.43. The highest BCUT2D eigenvalue weighted by Gasteiger charge is 2.75. The van der Waals surface area contributed by atoms with Crippen molar-refractivity contribution in [2.45, 2.75) is 87.8 Å². The van der Waals surface area contributed by atoms with Crippen LogP contribution in [0.5, 0.6) is 0 Å². The van der Waals surface area contributed by atoms with Crippen LogP contribution >= 0.6 is 15.9 Å². The van der Waals surface area contributed by atoms with Gasteiger partial charge < -0.3 is 29.7 Å². The number of likely N-dealkylation sites (tertiary alicyclic amines) is 1. The summed E-state index contributed by atoms with van der Waals surface area (Å²) in [6.45, 7) is 1.73. The Morgan fingerprint density at radius 1 is 1.02 bits per heavy atom. The number of hydrogen-bond acceptors (Lipinski definition) is 7. The number of esters is 1. The van der Waals surface area contributed by atoms with Crippen LogP contribution in [0.3, 0.4) is 0 Å². The van der Waals surface area contributed by atoms with Crippen LogP contribution in [0, 0.1) is 11.8 Å². The summed E-state index contributed by atoms with van der Waals surface area (Å²) in [5.74, 6) is -3.49. The van der Waals surface area contributed by atoms with Crippen molar-refractivity contribution in [1.82, 2.24) is 15.1 Å². The maximum absolute atomic E-state index is 14.7. The van der Waals surface area contributed by atoms with Gasteiger partial charge in [0, 0.05) is 30.0 Å². The Kier molecular flexibility index (Phi) is 8.99. The first kappa shape index (κ1) is 31.0. The number of nitrogens with zero attached hydrogens (tertiary/aromatic N) is 2. The number of carbonyl (C=O) groups is 4. The van der Waals surface area contributed by atoms with Gasteiger partial charge in [0.2, 0.25) is 17.7 Å². The lowest BCUT2D eigenvalue weighted by Crippen LogP contribution is -2.58. The molecule has 10 nitrogen and oxygen atoms in total. The van der Waals surface area contributed by atoms with Crippen molar-refractivity contribution in [3.05, 3.63) is 58.6 Å². The van der Waals surface area contributed by atoms with Crippen LogP contribution in [0.1, 0.15) is 63.5 Å². The fourth-order valence-electron chi connectivity index (χ4n) is 7.81. The number of hydrogen-bond donors (Lipinski definition) is 2. The number of aliphatic hydroxyl groups is 1. The van der Waals surface area contributed by atoms with Crippen molar-refractivity contribution in [3.8, 4) is 0 Å². The number of rotatable bonds is 4. The predicted octanol–water partition coefficient (Wildman–Crippen LogP) is 3.15. The number of amides is 3. The van der Waals surface area contributed by atoms with E-state index in [2.05, 4.69) is 21.2 Å². The van der Waals surface area contributed by atoms with Gasteiger partial charge in [-0.05, 0) is 37.8 Å². The number of ether oxygens (including phenoxy) is 2. The molecule has 2 N–H and O–H groups in total. The third-order valence-corrected chi connectivity index (χ3v) is 10.5. The highest BCUT2D eigenvalue weighted by molar-refractivity contribution is 9.11. The Morgan fingerprint density at radius 2 is 1.77 bits per heavy atom. The number of cyclic esters (lactones) is 1. The van der Waals surface area contributed by atoms with Crippen molar-refractivity contribution in [2.75, 3.05) is 19.7 Å². The summed E-state index contributed by atoms with van der Waals surface area (Å²) in [6, 6.07) is 7.59. The summed E-state index contributed by atoms with van der Waals surface area (Å²) < 4.78 is 13.3. The summed E-state index contributed by atoms with van der Waals surface area (Å²) in [6.07, 6.45) is 9.57. The van der Waals surface area contributed by atoms with Gasteiger partial charge in [-0.3, -0.25) is 19.2 Å². The third kappa shape index (κ3) is 5.41. The van der Waals surface area contributed by atoms with Crippen LogP contribution < -0.4 is 5.32 Å². The number of nitrogens with one attached hydrogen (secondary N) is 1. The smallest absolute Gasteiger partial charge is 0.313 e. The van der Waals surface area contributed by atoms with Gasteiger partial charge in [0.1, 0.15) is 29.8 Å². The molecule has 11 heteroatoms. The molecule has 4 aliphatic heterocycles. The molecule has 236 valence electrons. The number of fused-ring (bicyclic) bond motifs is 2. The second-order valence-electron chi connectivity index (χ2n) is 12.5. The van der Waals surface area contributed by atoms with Gasteiger partial charge in [-0.25, -0.2) is 0 Å². The number of aliphatic hydroxyl groups excluding tert-OH is 1. The van der Waals surface area contributed by atoms with Crippen LogP contribution in [0.2, 0.25) is 0 Å². The molecule has 1 saturated carbocycles. The molecule has 4 heterocycles. The molecule has 5 bridgehead atoms. The first-order chi connectivity index (χ1) is 21.3. The normalized spacial score (nSPS) is 35.8. The van der Waals surface area contributed by atoms with E-state index >= 15 is 0 Å². The lowest BCUT2D eigenvalue weighted by Gasteiger charge is -2.40. The molecular formula is C33H40BrN3O7. The van der Waals surface area contributed by atoms with E-state index in [4.69, 9.17) is 9.47 Å². The third-order valence-electron chi connectivity index (χ3n) is 9.79. The van der Waals surface area contributed by atoms with E-state index in [1.807, 2.05) is 47.4 Å². The van der Waals surface area contributed by atoms with Crippen LogP contribution in [-0.2, 0) is 28.7 Å². The molecular weight excluding hydrogens is 630 g/mol. The maximum Gasteiger partial charge on any atom is 0.313 e. The highest BCUT2D eigenvalue weighted by Crippen LogP contribution is 2.59. The van der Waals surface area contributed by atoms with Crippen LogP contribution in [0.4, 0.5) is 0 Å². The minimum Gasteiger partial charge on any atom is -0.455 e. The first-order valence-electron chi connectivity index (χ1n) is 15.7. The van der Waals surface area contributed by atoms with E-state index in [-0.39, 0.29) is 37.4 Å². The Hall–Kier alpha value is -3.02. The molecule has 0 radical (unpaired) electrons. The second-order valence-corrected chi connectivity index (χ2v) is 13.4. The van der Waals surface area contributed by atoms with Crippen molar-refractivity contribution in [2.24, 2.45) is 11.8 Å². The van der Waals surface area contributed by atoms with E-state index < -0.39 is 53.6 Å². The Morgan fingerprint density at radius 3 is 2.50 bits per heavy atom. The highest BCUT2D eigenvalue weighted by atomic mass is 79.9. The topological polar surface area (TPSA) is 125 Å². The summed E-state index contributed by atoms with van der Waals surface area (Å²) in [5.41, 5.74) is -0.681. The largest absolute Gasteiger partial charge is 0.455 e.